The number of benzene rings is 3. The fourth-order valence-electron chi connectivity index (χ4n) is 2.62. The number of rotatable bonds is 4. The molecule has 0 saturated heterocycles. The highest BCUT2D eigenvalue weighted by Gasteiger charge is 2.16. The third-order valence-electron chi connectivity index (χ3n) is 3.91. The van der Waals surface area contributed by atoms with Gasteiger partial charge in [-0.3, -0.25) is 4.72 Å². The predicted octanol–water partition coefficient (Wildman–Crippen LogP) is 4.68. The lowest BCUT2D eigenvalue weighted by molar-refractivity contribution is 0.601. The predicted molar refractivity (Wildman–Crippen MR) is 104 cm³/mol. The molecular weight excluding hydrogens is 370 g/mol. The number of nitrogens with one attached hydrogen (secondary N) is 2. The Morgan fingerprint density at radius 3 is 2.38 bits per heavy atom. The minimum Gasteiger partial charge on any atom is -0.338 e. The van der Waals surface area contributed by atoms with Crippen molar-refractivity contribution >= 4 is 38.3 Å². The molecule has 26 heavy (non-hydrogen) atoms. The Kier molecular flexibility index (Phi) is 4.14. The molecule has 0 spiro atoms. The summed E-state index contributed by atoms with van der Waals surface area (Å²) < 4.78 is 27.8. The fraction of sp³-hybridized carbons (Fsp3) is 0. The molecule has 5 nitrogen and oxygen atoms in total. The Morgan fingerprint density at radius 1 is 0.923 bits per heavy atom. The first-order chi connectivity index (χ1) is 12.5. The van der Waals surface area contributed by atoms with Gasteiger partial charge < -0.3 is 4.98 Å². The summed E-state index contributed by atoms with van der Waals surface area (Å²) >= 11 is 5.83. The van der Waals surface area contributed by atoms with Gasteiger partial charge in [-0.25, -0.2) is 13.4 Å². The second-order valence-corrected chi connectivity index (χ2v) is 7.86. The van der Waals surface area contributed by atoms with Gasteiger partial charge in [0.1, 0.15) is 5.82 Å². The van der Waals surface area contributed by atoms with Crippen molar-refractivity contribution in [2.45, 2.75) is 4.90 Å². The van der Waals surface area contributed by atoms with Gasteiger partial charge in [-0.1, -0.05) is 41.9 Å². The Bertz CT molecular complexity index is 1170. The highest BCUT2D eigenvalue weighted by molar-refractivity contribution is 7.92. The van der Waals surface area contributed by atoms with Gasteiger partial charge >= 0.3 is 0 Å². The van der Waals surface area contributed by atoms with E-state index in [-0.39, 0.29) is 4.90 Å². The second-order valence-electron chi connectivity index (χ2n) is 5.74. The van der Waals surface area contributed by atoms with Gasteiger partial charge in [-0.05, 0) is 42.5 Å². The molecule has 1 heterocycles. The van der Waals surface area contributed by atoms with Crippen molar-refractivity contribution in [1.29, 1.82) is 0 Å². The monoisotopic (exact) mass is 383 g/mol. The molecule has 0 amide bonds. The van der Waals surface area contributed by atoms with Gasteiger partial charge in [0, 0.05) is 16.3 Å². The SMILES string of the molecule is O=S(=O)(Nc1ccc(Cl)cc1)c1ccc2nc(-c3ccccc3)[nH]c2c1. The van der Waals surface area contributed by atoms with Gasteiger partial charge in [0.25, 0.3) is 10.0 Å². The topological polar surface area (TPSA) is 74.8 Å². The third-order valence-corrected chi connectivity index (χ3v) is 5.54. The number of fused-ring (bicyclic) bond motifs is 1. The molecule has 0 fully saturated rings. The van der Waals surface area contributed by atoms with E-state index in [4.69, 9.17) is 11.6 Å². The van der Waals surface area contributed by atoms with Crippen molar-refractivity contribution < 1.29 is 8.42 Å². The highest BCUT2D eigenvalue weighted by atomic mass is 35.5. The maximum atomic E-state index is 12.6. The number of halogens is 1. The van der Waals surface area contributed by atoms with Crippen LogP contribution in [0.25, 0.3) is 22.4 Å². The molecular formula is C19H14ClN3O2S. The van der Waals surface area contributed by atoms with Crippen LogP contribution >= 0.6 is 11.6 Å². The van der Waals surface area contributed by atoms with Crippen LogP contribution in [0.3, 0.4) is 0 Å². The van der Waals surface area contributed by atoms with Crippen LogP contribution in [0.1, 0.15) is 0 Å². The van der Waals surface area contributed by atoms with Crippen LogP contribution in [-0.4, -0.2) is 18.4 Å². The summed E-state index contributed by atoms with van der Waals surface area (Å²) in [4.78, 5) is 7.85. The Labute approximate surface area is 155 Å². The average molecular weight is 384 g/mol. The van der Waals surface area contributed by atoms with Crippen molar-refractivity contribution in [2.75, 3.05) is 4.72 Å². The lowest BCUT2D eigenvalue weighted by Crippen LogP contribution is -2.12. The van der Waals surface area contributed by atoms with Gasteiger partial charge in [0.05, 0.1) is 15.9 Å². The lowest BCUT2D eigenvalue weighted by atomic mass is 10.2. The van der Waals surface area contributed by atoms with E-state index < -0.39 is 10.0 Å². The molecule has 0 aliphatic carbocycles. The van der Waals surface area contributed by atoms with E-state index in [9.17, 15) is 8.42 Å². The minimum atomic E-state index is -3.71. The molecule has 4 aromatic rings. The number of aromatic amines is 1. The van der Waals surface area contributed by atoms with Crippen molar-refractivity contribution in [3.63, 3.8) is 0 Å². The van der Waals surface area contributed by atoms with Gasteiger partial charge in [0.15, 0.2) is 0 Å². The zero-order chi connectivity index (χ0) is 18.1. The number of H-pyrrole nitrogens is 1. The molecule has 0 unspecified atom stereocenters. The molecule has 0 aliphatic rings. The summed E-state index contributed by atoms with van der Waals surface area (Å²) in [6.45, 7) is 0. The normalized spacial score (nSPS) is 11.6. The van der Waals surface area contributed by atoms with Crippen LogP contribution in [0, 0.1) is 0 Å². The number of hydrogen-bond acceptors (Lipinski definition) is 3. The Morgan fingerprint density at radius 2 is 1.65 bits per heavy atom. The number of anilines is 1. The van der Waals surface area contributed by atoms with Gasteiger partial charge in [-0.15, -0.1) is 0 Å². The van der Waals surface area contributed by atoms with E-state index in [1.54, 1.807) is 36.4 Å². The first-order valence-corrected chi connectivity index (χ1v) is 9.71. The molecule has 1 aromatic heterocycles. The molecule has 0 atom stereocenters. The molecule has 4 rings (SSSR count). The molecule has 3 aromatic carbocycles. The van der Waals surface area contributed by atoms with Gasteiger partial charge in [-0.2, -0.15) is 0 Å². The van der Waals surface area contributed by atoms with Crippen LogP contribution in [0.5, 0.6) is 0 Å². The number of hydrogen-bond donors (Lipinski definition) is 2. The Balaban J connectivity index is 1.69. The van der Waals surface area contributed by atoms with Gasteiger partial charge in [0.2, 0.25) is 0 Å². The van der Waals surface area contributed by atoms with Crippen molar-refractivity contribution in [3.8, 4) is 11.4 Å². The number of imidazole rings is 1. The van der Waals surface area contributed by atoms with Crippen LogP contribution in [0.15, 0.2) is 77.7 Å². The summed E-state index contributed by atoms with van der Waals surface area (Å²) in [6.07, 6.45) is 0. The maximum absolute atomic E-state index is 12.6. The van der Waals surface area contributed by atoms with E-state index in [2.05, 4.69) is 14.7 Å². The average Bonchev–Trinajstić information content (AvgIpc) is 3.07. The fourth-order valence-corrected chi connectivity index (χ4v) is 3.83. The lowest BCUT2D eigenvalue weighted by Gasteiger charge is -2.08. The first kappa shape index (κ1) is 16.6. The summed E-state index contributed by atoms with van der Waals surface area (Å²) in [5.41, 5.74) is 2.74. The molecule has 0 bridgehead atoms. The van der Waals surface area contributed by atoms with E-state index >= 15 is 0 Å². The maximum Gasteiger partial charge on any atom is 0.261 e. The quantitative estimate of drug-likeness (QED) is 0.537. The summed E-state index contributed by atoms with van der Waals surface area (Å²) in [5.74, 6) is 0.695. The molecule has 0 radical (unpaired) electrons. The van der Waals surface area contributed by atoms with Crippen LogP contribution < -0.4 is 4.72 Å². The largest absolute Gasteiger partial charge is 0.338 e. The Hall–Kier alpha value is -2.83. The smallest absolute Gasteiger partial charge is 0.261 e. The number of sulfonamides is 1. The molecule has 7 heteroatoms. The van der Waals surface area contributed by atoms with Crippen molar-refractivity contribution in [1.82, 2.24) is 9.97 Å². The van der Waals surface area contributed by atoms with Crippen LogP contribution in [0.2, 0.25) is 5.02 Å². The molecule has 0 aliphatic heterocycles. The first-order valence-electron chi connectivity index (χ1n) is 7.85. The summed E-state index contributed by atoms with van der Waals surface area (Å²) in [5, 5.41) is 0.542. The van der Waals surface area contributed by atoms with Crippen molar-refractivity contribution in [2.24, 2.45) is 0 Å². The summed E-state index contributed by atoms with van der Waals surface area (Å²) in [6, 6.07) is 21.0. The summed E-state index contributed by atoms with van der Waals surface area (Å²) in [7, 11) is -3.71. The standard InChI is InChI=1S/C19H14ClN3O2S/c20-14-6-8-15(9-7-14)23-26(24,25)16-10-11-17-18(12-16)22-19(21-17)13-4-2-1-3-5-13/h1-12,23H,(H,21,22). The zero-order valence-electron chi connectivity index (χ0n) is 13.5. The van der Waals surface area contributed by atoms with Crippen LogP contribution in [0.4, 0.5) is 5.69 Å². The highest BCUT2D eigenvalue weighted by Crippen LogP contribution is 2.24. The molecule has 2 N–H and O–H groups in total. The van der Waals surface area contributed by atoms with Crippen molar-refractivity contribution in [3.05, 3.63) is 77.8 Å². The minimum absolute atomic E-state index is 0.156. The van der Waals surface area contributed by atoms with E-state index in [0.29, 0.717) is 27.6 Å². The number of nitrogens with zero attached hydrogens (tertiary/aromatic N) is 1. The zero-order valence-corrected chi connectivity index (χ0v) is 15.1. The van der Waals surface area contributed by atoms with E-state index in [1.165, 1.54) is 6.07 Å². The second kappa shape index (κ2) is 6.48. The van der Waals surface area contributed by atoms with E-state index in [0.717, 1.165) is 5.56 Å². The third kappa shape index (κ3) is 3.29. The molecule has 130 valence electrons. The molecule has 0 saturated carbocycles. The van der Waals surface area contributed by atoms with E-state index in [1.807, 2.05) is 30.3 Å². The number of aromatic nitrogens is 2. The van der Waals surface area contributed by atoms with Crippen LogP contribution in [-0.2, 0) is 10.0 Å².